The molecule has 2 heteroatoms. The summed E-state index contributed by atoms with van der Waals surface area (Å²) in [5.74, 6) is 0.526. The molecule has 2 atom stereocenters. The van der Waals surface area contributed by atoms with Crippen molar-refractivity contribution < 1.29 is 9.59 Å². The fourth-order valence-corrected chi connectivity index (χ4v) is 3.88. The van der Waals surface area contributed by atoms with E-state index in [1.165, 1.54) is 0 Å². The number of Topliss-reactive ketones (excluding diaryl/α,β-unsaturated/α-hetero) is 1. The van der Waals surface area contributed by atoms with Gasteiger partial charge in [0.15, 0.2) is 5.78 Å². The van der Waals surface area contributed by atoms with Gasteiger partial charge in [-0.05, 0) is 37.7 Å². The van der Waals surface area contributed by atoms with Crippen LogP contribution < -0.4 is 0 Å². The normalized spacial score (nSPS) is 37.8. The van der Waals surface area contributed by atoms with Gasteiger partial charge in [0, 0.05) is 12.3 Å². The van der Waals surface area contributed by atoms with Crippen LogP contribution in [0.15, 0.2) is 23.3 Å². The van der Waals surface area contributed by atoms with Crippen LogP contribution in [0.5, 0.6) is 0 Å². The van der Waals surface area contributed by atoms with E-state index in [0.717, 1.165) is 30.4 Å². The Morgan fingerprint density at radius 3 is 2.67 bits per heavy atom. The first-order chi connectivity index (χ1) is 8.34. The van der Waals surface area contributed by atoms with Crippen molar-refractivity contribution in [2.75, 3.05) is 0 Å². The van der Waals surface area contributed by atoms with Crippen molar-refractivity contribution in [3.63, 3.8) is 0 Å². The average Bonchev–Trinajstić information content (AvgIpc) is 2.25. The minimum Gasteiger partial charge on any atom is -0.299 e. The van der Waals surface area contributed by atoms with Crippen molar-refractivity contribution in [3.8, 4) is 0 Å². The van der Waals surface area contributed by atoms with Crippen LogP contribution in [-0.4, -0.2) is 11.6 Å². The number of rotatable bonds is 0. The lowest BCUT2D eigenvalue weighted by molar-refractivity contribution is -0.134. The summed E-state index contributed by atoms with van der Waals surface area (Å²) in [4.78, 5) is 24.8. The van der Waals surface area contributed by atoms with E-state index in [1.54, 1.807) is 6.08 Å². The molecular formula is C16H20O2. The van der Waals surface area contributed by atoms with Crippen molar-refractivity contribution in [1.29, 1.82) is 0 Å². The van der Waals surface area contributed by atoms with E-state index in [4.69, 9.17) is 0 Å². The molecule has 2 nitrogen and oxygen atoms in total. The Balaban J connectivity index is 2.11. The first kappa shape index (κ1) is 11.9. The van der Waals surface area contributed by atoms with Gasteiger partial charge in [0.2, 0.25) is 0 Å². The Hall–Kier alpha value is -1.18. The molecule has 0 unspecified atom stereocenters. The first-order valence-electron chi connectivity index (χ1n) is 6.79. The van der Waals surface area contributed by atoms with Crippen LogP contribution in [0.1, 0.15) is 46.5 Å². The van der Waals surface area contributed by atoms with Crippen molar-refractivity contribution in [2.24, 2.45) is 16.7 Å². The maximum atomic E-state index is 12.6. The summed E-state index contributed by atoms with van der Waals surface area (Å²) < 4.78 is 0. The molecule has 0 N–H and O–H groups in total. The summed E-state index contributed by atoms with van der Waals surface area (Å²) in [6, 6.07) is 0. The molecule has 0 aliphatic heterocycles. The van der Waals surface area contributed by atoms with Gasteiger partial charge in [-0.2, -0.15) is 0 Å². The van der Waals surface area contributed by atoms with Gasteiger partial charge in [0.05, 0.1) is 5.41 Å². The molecule has 1 fully saturated rings. The summed E-state index contributed by atoms with van der Waals surface area (Å²) in [5.41, 5.74) is 1.94. The Morgan fingerprint density at radius 2 is 1.94 bits per heavy atom. The second kappa shape index (κ2) is 3.43. The van der Waals surface area contributed by atoms with Gasteiger partial charge in [-0.25, -0.2) is 0 Å². The standard InChI is InChI=1S/C16H20O2/c1-10-4-5-16-8-12(10)13(17)6-11(16)7-15(2,3)9-14(16)18/h4,6,12H,5,7-9H2,1-3H3/t12-,16-/m0/s1. The van der Waals surface area contributed by atoms with Crippen LogP contribution in [0.25, 0.3) is 0 Å². The minimum absolute atomic E-state index is 0.0114. The van der Waals surface area contributed by atoms with Crippen LogP contribution in [-0.2, 0) is 9.59 Å². The van der Waals surface area contributed by atoms with E-state index < -0.39 is 0 Å². The van der Waals surface area contributed by atoms with Crippen molar-refractivity contribution in [1.82, 2.24) is 0 Å². The largest absolute Gasteiger partial charge is 0.299 e. The predicted molar refractivity (Wildman–Crippen MR) is 70.0 cm³/mol. The third-order valence-electron chi connectivity index (χ3n) is 4.99. The quantitative estimate of drug-likeness (QED) is 0.613. The molecule has 2 bridgehead atoms. The zero-order valence-corrected chi connectivity index (χ0v) is 11.4. The molecule has 1 spiro atoms. The SMILES string of the molecule is CC1=CC[C@]23C[C@@H]1C(=O)C=C2CC(C)(C)CC3=O. The average molecular weight is 244 g/mol. The maximum absolute atomic E-state index is 12.6. The summed E-state index contributed by atoms with van der Waals surface area (Å²) in [5, 5.41) is 0. The molecule has 0 aromatic heterocycles. The number of hydrogen-bond donors (Lipinski definition) is 0. The molecule has 0 saturated heterocycles. The highest BCUT2D eigenvalue weighted by atomic mass is 16.1. The Kier molecular flexibility index (Phi) is 2.27. The smallest absolute Gasteiger partial charge is 0.162 e. The fourth-order valence-electron chi connectivity index (χ4n) is 3.88. The van der Waals surface area contributed by atoms with E-state index in [1.807, 2.05) is 6.92 Å². The van der Waals surface area contributed by atoms with Gasteiger partial charge in [0.1, 0.15) is 5.78 Å². The highest BCUT2D eigenvalue weighted by Crippen LogP contribution is 2.56. The third kappa shape index (κ3) is 1.47. The maximum Gasteiger partial charge on any atom is 0.162 e. The van der Waals surface area contributed by atoms with E-state index in [9.17, 15) is 9.59 Å². The first-order valence-corrected chi connectivity index (χ1v) is 6.79. The second-order valence-corrected chi connectivity index (χ2v) is 7.00. The topological polar surface area (TPSA) is 34.1 Å². The molecule has 3 aliphatic rings. The minimum atomic E-state index is -0.326. The number of ketones is 2. The van der Waals surface area contributed by atoms with Gasteiger partial charge in [-0.3, -0.25) is 9.59 Å². The monoisotopic (exact) mass is 244 g/mol. The van der Waals surface area contributed by atoms with Gasteiger partial charge >= 0.3 is 0 Å². The van der Waals surface area contributed by atoms with Gasteiger partial charge in [-0.15, -0.1) is 0 Å². The number of carbonyl (C=O) groups is 2. The van der Waals surface area contributed by atoms with E-state index in [2.05, 4.69) is 19.9 Å². The van der Waals surface area contributed by atoms with Gasteiger partial charge in [-0.1, -0.05) is 31.1 Å². The lowest BCUT2D eigenvalue weighted by Gasteiger charge is -2.49. The van der Waals surface area contributed by atoms with Crippen molar-refractivity contribution in [2.45, 2.75) is 46.5 Å². The molecule has 0 aromatic carbocycles. The van der Waals surface area contributed by atoms with Crippen molar-refractivity contribution >= 4 is 11.6 Å². The molecule has 3 rings (SSSR count). The van der Waals surface area contributed by atoms with Gasteiger partial charge in [0.25, 0.3) is 0 Å². The number of carbonyl (C=O) groups excluding carboxylic acids is 2. The van der Waals surface area contributed by atoms with Crippen LogP contribution in [0.2, 0.25) is 0 Å². The van der Waals surface area contributed by atoms with Crippen LogP contribution >= 0.6 is 0 Å². The summed E-state index contributed by atoms with van der Waals surface area (Å²) in [6.45, 7) is 6.27. The zero-order chi connectivity index (χ0) is 13.1. The van der Waals surface area contributed by atoms with Gasteiger partial charge < -0.3 is 0 Å². The van der Waals surface area contributed by atoms with E-state index >= 15 is 0 Å². The Labute approximate surface area is 108 Å². The third-order valence-corrected chi connectivity index (χ3v) is 4.99. The summed E-state index contributed by atoms with van der Waals surface area (Å²) >= 11 is 0. The highest BCUT2D eigenvalue weighted by molar-refractivity contribution is 6.01. The molecule has 0 radical (unpaired) electrons. The highest BCUT2D eigenvalue weighted by Gasteiger charge is 2.53. The second-order valence-electron chi connectivity index (χ2n) is 7.00. The Bertz CT molecular complexity index is 507. The molecular weight excluding hydrogens is 224 g/mol. The number of allylic oxidation sites excluding steroid dienone is 4. The van der Waals surface area contributed by atoms with E-state index in [0.29, 0.717) is 12.2 Å². The molecule has 1 saturated carbocycles. The Morgan fingerprint density at radius 1 is 1.22 bits per heavy atom. The molecule has 0 heterocycles. The van der Waals surface area contributed by atoms with Crippen molar-refractivity contribution in [3.05, 3.63) is 23.3 Å². The zero-order valence-electron chi connectivity index (χ0n) is 11.4. The fraction of sp³-hybridized carbons (Fsp3) is 0.625. The predicted octanol–water partition coefficient (Wildman–Crippen LogP) is 3.23. The molecule has 0 amide bonds. The number of hydrogen-bond acceptors (Lipinski definition) is 2. The molecule has 96 valence electrons. The lowest BCUT2D eigenvalue weighted by Crippen LogP contribution is -2.48. The summed E-state index contributed by atoms with van der Waals surface area (Å²) in [6.07, 6.45) is 7.00. The number of fused-ring (bicyclic) bond motifs is 1. The van der Waals surface area contributed by atoms with E-state index in [-0.39, 0.29) is 22.5 Å². The molecule has 0 aromatic rings. The van der Waals surface area contributed by atoms with Crippen LogP contribution in [0, 0.1) is 16.7 Å². The lowest BCUT2D eigenvalue weighted by atomic mass is 9.52. The molecule has 3 aliphatic carbocycles. The summed E-state index contributed by atoms with van der Waals surface area (Å²) in [7, 11) is 0. The van der Waals surface area contributed by atoms with Crippen LogP contribution in [0.3, 0.4) is 0 Å². The molecule has 18 heavy (non-hydrogen) atoms. The van der Waals surface area contributed by atoms with Crippen LogP contribution in [0.4, 0.5) is 0 Å².